The molecule has 0 radical (unpaired) electrons. The Morgan fingerprint density at radius 1 is 1.46 bits per heavy atom. The van der Waals surface area contributed by atoms with Crippen molar-refractivity contribution in [1.82, 2.24) is 0 Å². The molecular weight excluding hydrogens is 166 g/mol. The molecule has 0 heterocycles. The zero-order valence-electron chi connectivity index (χ0n) is 6.95. The summed E-state index contributed by atoms with van der Waals surface area (Å²) in [6.07, 6.45) is 5.01. The molecule has 1 aromatic rings. The van der Waals surface area contributed by atoms with Gasteiger partial charge in [0.25, 0.3) is 0 Å². The first-order valence-electron chi connectivity index (χ1n) is 3.74. The predicted octanol–water partition coefficient (Wildman–Crippen LogP) is 1.35. The highest BCUT2D eigenvalue weighted by Gasteiger charge is 1.98. The largest absolute Gasteiger partial charge is 0.508 e. The molecule has 0 bridgehead atoms. The van der Waals surface area contributed by atoms with Crippen molar-refractivity contribution >= 4 is 11.6 Å². The molecule has 0 aliphatic rings. The standard InChI is InChI=1S/C10H9NO2/c1-2-3-10(13)11-8-4-6-9(12)7-5-8/h1,4-7,12H,3H2,(H,11,13). The number of aromatic hydroxyl groups is 1. The maximum atomic E-state index is 11.0. The molecule has 13 heavy (non-hydrogen) atoms. The number of phenols is 1. The molecule has 3 nitrogen and oxygen atoms in total. The van der Waals surface area contributed by atoms with E-state index in [1.165, 1.54) is 12.1 Å². The zero-order chi connectivity index (χ0) is 9.68. The second-order valence-corrected chi connectivity index (χ2v) is 2.48. The number of carbonyl (C=O) groups excluding carboxylic acids is 1. The van der Waals surface area contributed by atoms with Crippen LogP contribution in [0.15, 0.2) is 24.3 Å². The van der Waals surface area contributed by atoms with Crippen molar-refractivity contribution in [2.24, 2.45) is 0 Å². The van der Waals surface area contributed by atoms with E-state index in [1.807, 2.05) is 0 Å². The number of terminal acetylenes is 1. The maximum Gasteiger partial charge on any atom is 0.236 e. The molecular formula is C10H9NO2. The molecule has 1 aromatic carbocycles. The van der Waals surface area contributed by atoms with Crippen molar-refractivity contribution in [2.75, 3.05) is 5.32 Å². The summed E-state index contributed by atoms with van der Waals surface area (Å²) in [6, 6.07) is 6.18. The monoisotopic (exact) mass is 175 g/mol. The van der Waals surface area contributed by atoms with Crippen LogP contribution in [0.2, 0.25) is 0 Å². The van der Waals surface area contributed by atoms with Gasteiger partial charge in [0, 0.05) is 5.69 Å². The second kappa shape index (κ2) is 4.17. The van der Waals surface area contributed by atoms with E-state index in [4.69, 9.17) is 11.5 Å². The topological polar surface area (TPSA) is 49.3 Å². The minimum absolute atomic E-state index is 0.0564. The molecule has 0 fully saturated rings. The van der Waals surface area contributed by atoms with E-state index in [0.717, 1.165) is 0 Å². The van der Waals surface area contributed by atoms with Crippen molar-refractivity contribution in [3.63, 3.8) is 0 Å². The Kier molecular flexibility index (Phi) is 2.93. The predicted molar refractivity (Wildman–Crippen MR) is 50.2 cm³/mol. The minimum atomic E-state index is -0.229. The van der Waals surface area contributed by atoms with E-state index >= 15 is 0 Å². The van der Waals surface area contributed by atoms with Gasteiger partial charge in [0.2, 0.25) is 5.91 Å². The van der Waals surface area contributed by atoms with Gasteiger partial charge in [-0.1, -0.05) is 5.92 Å². The third kappa shape index (κ3) is 2.88. The summed E-state index contributed by atoms with van der Waals surface area (Å²) in [5, 5.41) is 11.5. The second-order valence-electron chi connectivity index (χ2n) is 2.48. The maximum absolute atomic E-state index is 11.0. The van der Waals surface area contributed by atoms with Gasteiger partial charge in [0.15, 0.2) is 0 Å². The van der Waals surface area contributed by atoms with Crippen molar-refractivity contribution in [3.05, 3.63) is 24.3 Å². The van der Waals surface area contributed by atoms with Gasteiger partial charge in [-0.3, -0.25) is 4.79 Å². The summed E-state index contributed by atoms with van der Waals surface area (Å²) in [5.41, 5.74) is 0.623. The first-order valence-corrected chi connectivity index (χ1v) is 3.74. The van der Waals surface area contributed by atoms with E-state index < -0.39 is 0 Å². The summed E-state index contributed by atoms with van der Waals surface area (Å²) in [4.78, 5) is 11.0. The molecule has 0 spiro atoms. The van der Waals surface area contributed by atoms with E-state index in [9.17, 15) is 4.79 Å². The molecule has 66 valence electrons. The van der Waals surface area contributed by atoms with Gasteiger partial charge in [-0.15, -0.1) is 6.42 Å². The fraction of sp³-hybridized carbons (Fsp3) is 0.100. The number of benzene rings is 1. The molecule has 1 rings (SSSR count). The SMILES string of the molecule is C#CCC(=O)Nc1ccc(O)cc1. The lowest BCUT2D eigenvalue weighted by Crippen LogP contribution is -2.09. The molecule has 0 unspecified atom stereocenters. The molecule has 0 aliphatic carbocycles. The Balaban J connectivity index is 2.60. The van der Waals surface area contributed by atoms with E-state index in [1.54, 1.807) is 12.1 Å². The summed E-state index contributed by atoms with van der Waals surface area (Å²) in [6.45, 7) is 0. The first-order chi connectivity index (χ1) is 6.22. The molecule has 0 saturated carbocycles. The summed E-state index contributed by atoms with van der Waals surface area (Å²) >= 11 is 0. The van der Waals surface area contributed by atoms with Gasteiger partial charge in [0.1, 0.15) is 5.75 Å². The smallest absolute Gasteiger partial charge is 0.236 e. The number of hydrogen-bond acceptors (Lipinski definition) is 2. The lowest BCUT2D eigenvalue weighted by molar-refractivity contribution is -0.115. The van der Waals surface area contributed by atoms with Crippen LogP contribution in [-0.2, 0) is 4.79 Å². The van der Waals surface area contributed by atoms with Gasteiger partial charge in [0.05, 0.1) is 6.42 Å². The lowest BCUT2D eigenvalue weighted by Gasteiger charge is -2.01. The minimum Gasteiger partial charge on any atom is -0.508 e. The molecule has 0 atom stereocenters. The highest BCUT2D eigenvalue weighted by molar-refractivity contribution is 5.92. The van der Waals surface area contributed by atoms with Crippen LogP contribution in [0.3, 0.4) is 0 Å². The van der Waals surface area contributed by atoms with Crippen LogP contribution in [0.1, 0.15) is 6.42 Å². The van der Waals surface area contributed by atoms with Crippen molar-refractivity contribution < 1.29 is 9.90 Å². The van der Waals surface area contributed by atoms with Gasteiger partial charge in [-0.05, 0) is 24.3 Å². The van der Waals surface area contributed by atoms with Crippen LogP contribution in [0.4, 0.5) is 5.69 Å². The van der Waals surface area contributed by atoms with Crippen molar-refractivity contribution in [2.45, 2.75) is 6.42 Å². The number of carbonyl (C=O) groups is 1. The van der Waals surface area contributed by atoms with E-state index in [2.05, 4.69) is 11.2 Å². The summed E-state index contributed by atoms with van der Waals surface area (Å²) < 4.78 is 0. The van der Waals surface area contributed by atoms with Gasteiger partial charge < -0.3 is 10.4 Å². The Morgan fingerprint density at radius 3 is 2.62 bits per heavy atom. The highest BCUT2D eigenvalue weighted by atomic mass is 16.3. The Morgan fingerprint density at radius 2 is 2.08 bits per heavy atom. The van der Waals surface area contributed by atoms with Gasteiger partial charge >= 0.3 is 0 Å². The van der Waals surface area contributed by atoms with Crippen LogP contribution >= 0.6 is 0 Å². The molecule has 2 N–H and O–H groups in total. The van der Waals surface area contributed by atoms with E-state index in [0.29, 0.717) is 5.69 Å². The number of anilines is 1. The average Bonchev–Trinajstić information content (AvgIpc) is 2.09. The zero-order valence-corrected chi connectivity index (χ0v) is 6.95. The average molecular weight is 175 g/mol. The number of phenolic OH excluding ortho intramolecular Hbond substituents is 1. The van der Waals surface area contributed by atoms with Crippen LogP contribution < -0.4 is 5.32 Å². The van der Waals surface area contributed by atoms with Crippen LogP contribution in [-0.4, -0.2) is 11.0 Å². The Hall–Kier alpha value is -1.95. The molecule has 3 heteroatoms. The number of hydrogen-bond donors (Lipinski definition) is 2. The fourth-order valence-corrected chi connectivity index (χ4v) is 0.843. The number of amides is 1. The Bertz CT molecular complexity index is 335. The highest BCUT2D eigenvalue weighted by Crippen LogP contribution is 2.13. The van der Waals surface area contributed by atoms with Gasteiger partial charge in [-0.25, -0.2) is 0 Å². The number of rotatable bonds is 2. The first kappa shape index (κ1) is 9.14. The van der Waals surface area contributed by atoms with Crippen molar-refractivity contribution in [1.29, 1.82) is 0 Å². The quantitative estimate of drug-likeness (QED) is 0.526. The molecule has 0 aromatic heterocycles. The summed E-state index contributed by atoms with van der Waals surface area (Å²) in [7, 11) is 0. The Labute approximate surface area is 76.4 Å². The fourth-order valence-electron chi connectivity index (χ4n) is 0.843. The molecule has 1 amide bonds. The van der Waals surface area contributed by atoms with E-state index in [-0.39, 0.29) is 18.1 Å². The van der Waals surface area contributed by atoms with Crippen LogP contribution in [0.25, 0.3) is 0 Å². The van der Waals surface area contributed by atoms with Crippen molar-refractivity contribution in [3.8, 4) is 18.1 Å². The van der Waals surface area contributed by atoms with Gasteiger partial charge in [-0.2, -0.15) is 0 Å². The normalized spacial score (nSPS) is 8.85. The molecule has 0 saturated heterocycles. The third-order valence-electron chi connectivity index (χ3n) is 1.41. The molecule has 0 aliphatic heterocycles. The third-order valence-corrected chi connectivity index (χ3v) is 1.41. The number of nitrogens with one attached hydrogen (secondary N) is 1. The van der Waals surface area contributed by atoms with Crippen LogP contribution in [0, 0.1) is 12.3 Å². The lowest BCUT2D eigenvalue weighted by atomic mass is 10.3. The summed E-state index contributed by atoms with van der Waals surface area (Å²) in [5.74, 6) is 2.17. The van der Waals surface area contributed by atoms with Crippen LogP contribution in [0.5, 0.6) is 5.75 Å².